The molecular formula is C52H64Cl2N5O9S2+. The van der Waals surface area contributed by atoms with Crippen molar-refractivity contribution in [2.24, 2.45) is 17.8 Å². The molecule has 8 rings (SSSR count). The zero-order valence-corrected chi connectivity index (χ0v) is 43.6. The molecular weight excluding hydrogens is 974 g/mol. The Morgan fingerprint density at radius 1 is 0.857 bits per heavy atom. The van der Waals surface area contributed by atoms with E-state index in [1.807, 2.05) is 48.5 Å². The molecule has 0 unspecified atom stereocenters. The van der Waals surface area contributed by atoms with Gasteiger partial charge in [0, 0.05) is 96.5 Å². The Morgan fingerprint density at radius 3 is 2.26 bits per heavy atom. The molecule has 2 aliphatic carbocycles. The number of hydrogen-bond acceptors (Lipinski definition) is 10. The molecule has 3 aromatic carbocycles. The van der Waals surface area contributed by atoms with E-state index < -0.39 is 25.0 Å². The molecule has 3 aromatic rings. The second kappa shape index (κ2) is 21.7. The molecule has 1 saturated carbocycles. The Balaban J connectivity index is 0.931. The van der Waals surface area contributed by atoms with Gasteiger partial charge in [-0.3, -0.25) is 19.0 Å². The summed E-state index contributed by atoms with van der Waals surface area (Å²) in [5.41, 5.74) is 3.62. The van der Waals surface area contributed by atoms with E-state index in [2.05, 4.69) is 52.1 Å². The predicted octanol–water partition coefficient (Wildman–Crippen LogP) is 8.43. The number of rotatable bonds is 17. The molecule has 3 heterocycles. The predicted molar refractivity (Wildman–Crippen MR) is 274 cm³/mol. The summed E-state index contributed by atoms with van der Waals surface area (Å²) in [4.78, 5) is 30.4. The standard InChI is InChI=1S/C52H63Cl2N5O9S2/c1-6-57(7-2)35-15-19-39-46(28-35)68-47-29-36(58(8-3)9-4)16-20-40(47)49(39)41-21-18-38(30-48(41)70(64,65)66)69(62,63)56-31-32-10-12-33(13-11-32)51(60)55-24-25-59-37-17-23-45(59)50(52(61)67-5)42(27-37)34-14-22-43(53)44(54)26-34/h14-16,18-22,26,28-30,32-33,37,42,45,50,56H,6-13,17,23-25,27,31H2,1-5H3,(H-,55,60,64,65,66)/p+1/t32?,33?,37-,42+,45+,50-/m0/s1. The molecule has 4 atom stereocenters. The van der Waals surface area contributed by atoms with Crippen molar-refractivity contribution in [1.29, 1.82) is 0 Å². The lowest BCUT2D eigenvalue weighted by Crippen LogP contribution is -2.53. The van der Waals surface area contributed by atoms with Crippen molar-refractivity contribution in [3.05, 3.63) is 93.8 Å². The summed E-state index contributed by atoms with van der Waals surface area (Å²) < 4.78 is 81.7. The monoisotopic (exact) mass is 1040 g/mol. The van der Waals surface area contributed by atoms with Crippen LogP contribution in [0.5, 0.6) is 0 Å². The summed E-state index contributed by atoms with van der Waals surface area (Å²) in [5.74, 6) is -0.492. The molecule has 376 valence electrons. The maximum atomic E-state index is 13.9. The largest absolute Gasteiger partial charge is 0.469 e. The Morgan fingerprint density at radius 2 is 1.59 bits per heavy atom. The van der Waals surface area contributed by atoms with Crippen LogP contribution < -0.4 is 24.9 Å². The summed E-state index contributed by atoms with van der Waals surface area (Å²) in [6.45, 7) is 12.4. The maximum absolute atomic E-state index is 13.9. The SMILES string of the molecule is CCN(CC)c1ccc2c(-c3ccc(S(=O)(=O)NCC4CCC(C(=O)NCCN5[C@H]6CC[C@@H]5[C@@H](C(=O)OC)[C@@H](c5ccc(Cl)c(Cl)c5)C6)CC4)cc3S(=O)(=O)O)c3ccc(=[N+](CC)CC)cc-3oc2c1. The van der Waals surface area contributed by atoms with Crippen molar-refractivity contribution in [2.75, 3.05) is 57.8 Å². The van der Waals surface area contributed by atoms with Gasteiger partial charge in [-0.2, -0.15) is 8.42 Å². The molecule has 1 amide bonds. The number of esters is 1. The van der Waals surface area contributed by atoms with Gasteiger partial charge in [0.15, 0.2) is 0 Å². The lowest BCUT2D eigenvalue weighted by atomic mass is 9.76. The van der Waals surface area contributed by atoms with Gasteiger partial charge in [-0.1, -0.05) is 35.3 Å². The molecule has 3 fully saturated rings. The highest BCUT2D eigenvalue weighted by Crippen LogP contribution is 2.48. The van der Waals surface area contributed by atoms with Gasteiger partial charge in [-0.15, -0.1) is 0 Å². The normalized spacial score (nSPS) is 21.8. The van der Waals surface area contributed by atoms with Crippen LogP contribution in [-0.2, 0) is 34.5 Å². The molecule has 0 aromatic heterocycles. The number of ether oxygens (including phenoxy) is 1. The van der Waals surface area contributed by atoms with E-state index in [-0.39, 0.29) is 64.6 Å². The van der Waals surface area contributed by atoms with Crippen LogP contribution in [0.3, 0.4) is 0 Å². The fourth-order valence-electron chi connectivity index (χ4n) is 11.4. The molecule has 3 N–H and O–H groups in total. The number of amides is 1. The number of anilines is 1. The van der Waals surface area contributed by atoms with Gasteiger partial charge in [0.05, 0.1) is 34.0 Å². The third-order valence-electron chi connectivity index (χ3n) is 15.1. The zero-order chi connectivity index (χ0) is 50.1. The summed E-state index contributed by atoms with van der Waals surface area (Å²) >= 11 is 12.6. The number of nitrogens with zero attached hydrogens (tertiary/aromatic N) is 3. The smallest absolute Gasteiger partial charge is 0.310 e. The highest BCUT2D eigenvalue weighted by molar-refractivity contribution is 7.89. The first kappa shape index (κ1) is 51.8. The van der Waals surface area contributed by atoms with Crippen molar-refractivity contribution in [3.63, 3.8) is 0 Å². The minimum absolute atomic E-state index is 0.0295. The van der Waals surface area contributed by atoms with Crippen molar-refractivity contribution in [3.8, 4) is 22.5 Å². The van der Waals surface area contributed by atoms with Gasteiger partial charge in [0.1, 0.15) is 29.3 Å². The van der Waals surface area contributed by atoms with Crippen LogP contribution in [0.1, 0.15) is 84.1 Å². The summed E-state index contributed by atoms with van der Waals surface area (Å²) in [5, 5.41) is 5.57. The van der Waals surface area contributed by atoms with Crippen LogP contribution in [0.4, 0.5) is 5.69 Å². The van der Waals surface area contributed by atoms with Gasteiger partial charge in [0.25, 0.3) is 10.1 Å². The number of piperidine rings is 1. The molecule has 3 aliphatic heterocycles. The molecule has 70 heavy (non-hydrogen) atoms. The van der Waals surface area contributed by atoms with Gasteiger partial charge >= 0.3 is 5.97 Å². The van der Waals surface area contributed by atoms with Crippen LogP contribution in [0.25, 0.3) is 33.4 Å². The molecule has 14 nitrogen and oxygen atoms in total. The van der Waals surface area contributed by atoms with E-state index >= 15 is 0 Å². The Labute approximate surface area is 421 Å². The Hall–Kier alpha value is -4.55. The summed E-state index contributed by atoms with van der Waals surface area (Å²) in [7, 11) is -7.78. The highest BCUT2D eigenvalue weighted by Gasteiger charge is 2.51. The molecule has 0 radical (unpaired) electrons. The fraction of sp³-hybridized carbons (Fsp3) is 0.481. The van der Waals surface area contributed by atoms with Crippen molar-refractivity contribution in [2.45, 2.75) is 100 Å². The molecule has 5 aliphatic rings. The molecule has 0 spiro atoms. The molecule has 2 bridgehead atoms. The average Bonchev–Trinajstić information content (AvgIpc) is 3.62. The lowest BCUT2D eigenvalue weighted by molar-refractivity contribution is -0.150. The maximum Gasteiger partial charge on any atom is 0.310 e. The van der Waals surface area contributed by atoms with E-state index in [1.165, 1.54) is 19.2 Å². The zero-order valence-electron chi connectivity index (χ0n) is 40.4. The second-order valence-corrected chi connectivity index (χ2v) is 22.7. The third-order valence-corrected chi connectivity index (χ3v) is 18.2. The first-order chi connectivity index (χ1) is 33.5. The first-order valence-electron chi connectivity index (χ1n) is 24.5. The minimum Gasteiger partial charge on any atom is -0.469 e. The van der Waals surface area contributed by atoms with Crippen LogP contribution in [0.2, 0.25) is 10.0 Å². The Kier molecular flexibility index (Phi) is 16.0. The lowest BCUT2D eigenvalue weighted by Gasteiger charge is -2.43. The molecule has 2 saturated heterocycles. The summed E-state index contributed by atoms with van der Waals surface area (Å²) in [6.07, 6.45) is 4.97. The van der Waals surface area contributed by atoms with Gasteiger partial charge < -0.3 is 19.4 Å². The second-order valence-electron chi connectivity index (χ2n) is 18.8. The first-order valence-corrected chi connectivity index (χ1v) is 28.2. The third kappa shape index (κ3) is 10.6. The minimum atomic E-state index is -4.95. The number of fused-ring (bicyclic) bond motifs is 4. The Bertz CT molecular complexity index is 3020. The van der Waals surface area contributed by atoms with E-state index in [0.29, 0.717) is 76.7 Å². The highest BCUT2D eigenvalue weighted by atomic mass is 35.5. The quantitative estimate of drug-likeness (QED) is 0.0353. The van der Waals surface area contributed by atoms with Crippen molar-refractivity contribution < 1.29 is 40.1 Å². The topological polar surface area (TPSA) is 179 Å². The molecule has 18 heteroatoms. The van der Waals surface area contributed by atoms with Crippen LogP contribution >= 0.6 is 23.2 Å². The van der Waals surface area contributed by atoms with Gasteiger partial charge in [-0.25, -0.2) is 17.7 Å². The van der Waals surface area contributed by atoms with E-state index in [0.717, 1.165) is 68.1 Å². The van der Waals surface area contributed by atoms with E-state index in [4.69, 9.17) is 32.4 Å². The number of carbonyl (C=O) groups is 2. The number of methoxy groups -OCH3 is 1. The van der Waals surface area contributed by atoms with E-state index in [9.17, 15) is 31.0 Å². The summed E-state index contributed by atoms with van der Waals surface area (Å²) in [6, 6.07) is 21.1. The number of hydrogen-bond donors (Lipinski definition) is 3. The number of sulfonamides is 1. The van der Waals surface area contributed by atoms with Crippen LogP contribution in [-0.4, -0.2) is 103 Å². The number of halogens is 2. The van der Waals surface area contributed by atoms with Crippen LogP contribution in [0.15, 0.2) is 87.0 Å². The number of benzene rings is 4. The average molecular weight is 1040 g/mol. The van der Waals surface area contributed by atoms with Crippen molar-refractivity contribution in [1.82, 2.24) is 19.5 Å². The fourth-order valence-corrected chi connectivity index (χ4v) is 13.7. The van der Waals surface area contributed by atoms with Gasteiger partial charge in [0.2, 0.25) is 21.3 Å². The van der Waals surface area contributed by atoms with E-state index in [1.54, 1.807) is 6.07 Å². The number of carbonyl (C=O) groups excluding carboxylic acids is 2. The van der Waals surface area contributed by atoms with Gasteiger partial charge in [-0.05, 0) is 127 Å². The number of nitrogens with one attached hydrogen (secondary N) is 2. The van der Waals surface area contributed by atoms with Crippen LogP contribution in [0, 0.1) is 17.8 Å². The van der Waals surface area contributed by atoms with Crippen molar-refractivity contribution >= 4 is 71.9 Å².